The van der Waals surface area contributed by atoms with Crippen LogP contribution >= 0.6 is 0 Å². The van der Waals surface area contributed by atoms with Crippen molar-refractivity contribution in [2.75, 3.05) is 26.2 Å². The van der Waals surface area contributed by atoms with Gasteiger partial charge in [0.15, 0.2) is 0 Å². The number of rotatable bonds is 7. The van der Waals surface area contributed by atoms with Crippen LogP contribution in [0.25, 0.3) is 0 Å². The van der Waals surface area contributed by atoms with Gasteiger partial charge in [0.1, 0.15) is 0 Å². The molecule has 1 aromatic carbocycles. The van der Waals surface area contributed by atoms with Gasteiger partial charge in [-0.15, -0.1) is 0 Å². The van der Waals surface area contributed by atoms with Crippen molar-refractivity contribution in [2.24, 2.45) is 0 Å². The summed E-state index contributed by atoms with van der Waals surface area (Å²) in [5.74, 6) is -0.112. The van der Waals surface area contributed by atoms with Crippen LogP contribution in [0.15, 0.2) is 24.3 Å². The number of aryl methyl sites for hydroxylation is 1. The molecule has 0 aliphatic heterocycles. The smallest absolute Gasteiger partial charge is 0.251 e. The first kappa shape index (κ1) is 14.6. The molecule has 0 saturated carbocycles. The zero-order chi connectivity index (χ0) is 13.4. The molecule has 0 aliphatic carbocycles. The highest BCUT2D eigenvalue weighted by molar-refractivity contribution is 5.94. The Labute approximate surface area is 107 Å². The summed E-state index contributed by atoms with van der Waals surface area (Å²) in [6.07, 6.45) is -0.752. The summed E-state index contributed by atoms with van der Waals surface area (Å²) in [5, 5.41) is 23.4. The minimum absolute atomic E-state index is 0.112. The van der Waals surface area contributed by atoms with E-state index in [-0.39, 0.29) is 12.5 Å². The summed E-state index contributed by atoms with van der Waals surface area (Å²) in [5.41, 5.74) is 1.75. The monoisotopic (exact) mass is 252 g/mol. The molecule has 1 amide bonds. The van der Waals surface area contributed by atoms with E-state index in [0.717, 1.165) is 5.56 Å². The van der Waals surface area contributed by atoms with Gasteiger partial charge in [0.05, 0.1) is 12.7 Å². The average Bonchev–Trinajstić information content (AvgIpc) is 2.38. The summed E-state index contributed by atoms with van der Waals surface area (Å²) < 4.78 is 0. The Morgan fingerprint density at radius 2 is 1.94 bits per heavy atom. The molecule has 0 heterocycles. The lowest BCUT2D eigenvalue weighted by atomic mass is 10.1. The highest BCUT2D eigenvalue weighted by atomic mass is 16.3. The van der Waals surface area contributed by atoms with Crippen molar-refractivity contribution < 1.29 is 15.0 Å². The number of aliphatic hydroxyl groups excluding tert-OH is 2. The molecule has 0 radical (unpaired) electrons. The van der Waals surface area contributed by atoms with Gasteiger partial charge in [0.25, 0.3) is 5.91 Å². The summed E-state index contributed by atoms with van der Waals surface area (Å²) >= 11 is 0. The molecule has 0 saturated heterocycles. The van der Waals surface area contributed by atoms with Crippen molar-refractivity contribution >= 4 is 5.91 Å². The van der Waals surface area contributed by atoms with E-state index >= 15 is 0 Å². The summed E-state index contributed by atoms with van der Waals surface area (Å²) in [7, 11) is 0. The van der Waals surface area contributed by atoms with Gasteiger partial charge in [-0.05, 0) is 19.1 Å². The predicted octanol–water partition coefficient (Wildman–Crippen LogP) is -0.332. The van der Waals surface area contributed by atoms with E-state index in [1.165, 1.54) is 0 Å². The molecule has 0 bridgehead atoms. The molecule has 5 heteroatoms. The Hall–Kier alpha value is -1.43. The van der Waals surface area contributed by atoms with E-state index in [9.17, 15) is 4.79 Å². The molecule has 1 unspecified atom stereocenters. The molecule has 0 fully saturated rings. The fourth-order valence-electron chi connectivity index (χ4n) is 1.40. The Balaban J connectivity index is 2.19. The van der Waals surface area contributed by atoms with Crippen molar-refractivity contribution in [3.8, 4) is 0 Å². The lowest BCUT2D eigenvalue weighted by molar-refractivity contribution is 0.0929. The van der Waals surface area contributed by atoms with Gasteiger partial charge in [-0.25, -0.2) is 0 Å². The second-order valence-electron chi connectivity index (χ2n) is 4.16. The van der Waals surface area contributed by atoms with Crippen LogP contribution in [0.1, 0.15) is 15.9 Å². The first-order valence-electron chi connectivity index (χ1n) is 5.98. The van der Waals surface area contributed by atoms with Crippen LogP contribution in [0.4, 0.5) is 0 Å². The van der Waals surface area contributed by atoms with E-state index in [1.807, 2.05) is 19.1 Å². The molecular formula is C13H20N2O3. The first-order chi connectivity index (χ1) is 8.63. The van der Waals surface area contributed by atoms with Gasteiger partial charge in [-0.1, -0.05) is 17.7 Å². The number of hydrogen-bond donors (Lipinski definition) is 4. The zero-order valence-electron chi connectivity index (χ0n) is 10.5. The Bertz CT molecular complexity index is 365. The number of carbonyl (C=O) groups excluding carboxylic acids is 1. The summed E-state index contributed by atoms with van der Waals surface area (Å²) in [4.78, 5) is 11.7. The molecule has 5 nitrogen and oxygen atoms in total. The number of carbonyl (C=O) groups is 1. The van der Waals surface area contributed by atoms with Gasteiger partial charge in [0, 0.05) is 25.2 Å². The largest absolute Gasteiger partial charge is 0.394 e. The van der Waals surface area contributed by atoms with Crippen molar-refractivity contribution in [3.05, 3.63) is 35.4 Å². The van der Waals surface area contributed by atoms with Gasteiger partial charge < -0.3 is 20.8 Å². The molecule has 18 heavy (non-hydrogen) atoms. The van der Waals surface area contributed by atoms with Crippen molar-refractivity contribution in [2.45, 2.75) is 13.0 Å². The quantitative estimate of drug-likeness (QED) is 0.501. The minimum atomic E-state index is -0.752. The minimum Gasteiger partial charge on any atom is -0.394 e. The van der Waals surface area contributed by atoms with Crippen LogP contribution in [0.3, 0.4) is 0 Å². The third kappa shape index (κ3) is 5.27. The highest BCUT2D eigenvalue weighted by Crippen LogP contribution is 2.02. The zero-order valence-corrected chi connectivity index (χ0v) is 10.5. The number of aliphatic hydroxyl groups is 2. The third-order valence-corrected chi connectivity index (χ3v) is 2.49. The van der Waals surface area contributed by atoms with Crippen LogP contribution < -0.4 is 10.6 Å². The summed E-state index contributed by atoms with van der Waals surface area (Å²) in [6, 6.07) is 7.36. The Kier molecular flexibility index (Phi) is 6.35. The van der Waals surface area contributed by atoms with E-state index in [1.54, 1.807) is 12.1 Å². The molecule has 100 valence electrons. The molecular weight excluding hydrogens is 232 g/mol. The van der Waals surface area contributed by atoms with Crippen LogP contribution in [0.2, 0.25) is 0 Å². The maximum absolute atomic E-state index is 11.7. The first-order valence-corrected chi connectivity index (χ1v) is 5.98. The molecule has 0 spiro atoms. The fourth-order valence-corrected chi connectivity index (χ4v) is 1.40. The number of nitrogens with one attached hydrogen (secondary N) is 2. The lowest BCUT2D eigenvalue weighted by Crippen LogP contribution is -2.36. The molecule has 0 aliphatic rings. The van der Waals surface area contributed by atoms with Crippen molar-refractivity contribution in [3.63, 3.8) is 0 Å². The number of benzene rings is 1. The van der Waals surface area contributed by atoms with E-state index in [2.05, 4.69) is 10.6 Å². The lowest BCUT2D eigenvalue weighted by Gasteiger charge is -2.09. The van der Waals surface area contributed by atoms with Crippen molar-refractivity contribution in [1.82, 2.24) is 10.6 Å². The molecule has 1 atom stereocenters. The van der Waals surface area contributed by atoms with E-state index in [0.29, 0.717) is 25.2 Å². The highest BCUT2D eigenvalue weighted by Gasteiger charge is 2.04. The maximum Gasteiger partial charge on any atom is 0.251 e. The van der Waals surface area contributed by atoms with Crippen LogP contribution in [0, 0.1) is 6.92 Å². The molecule has 0 aromatic heterocycles. The second kappa shape index (κ2) is 7.81. The molecule has 1 rings (SSSR count). The number of amides is 1. The summed E-state index contributed by atoms with van der Waals surface area (Å²) in [6.45, 7) is 3.05. The maximum atomic E-state index is 11.7. The normalized spacial score (nSPS) is 12.2. The molecule has 1 aromatic rings. The molecule has 4 N–H and O–H groups in total. The number of hydrogen-bond acceptors (Lipinski definition) is 4. The van der Waals surface area contributed by atoms with Crippen LogP contribution in [-0.4, -0.2) is 48.5 Å². The van der Waals surface area contributed by atoms with Gasteiger partial charge >= 0.3 is 0 Å². The SMILES string of the molecule is Cc1ccc(C(=O)NCCNCC(O)CO)cc1. The Morgan fingerprint density at radius 1 is 1.28 bits per heavy atom. The van der Waals surface area contributed by atoms with Crippen molar-refractivity contribution in [1.29, 1.82) is 0 Å². The van der Waals surface area contributed by atoms with E-state index in [4.69, 9.17) is 10.2 Å². The topological polar surface area (TPSA) is 81.6 Å². The fraction of sp³-hybridized carbons (Fsp3) is 0.462. The van der Waals surface area contributed by atoms with Crippen LogP contribution in [-0.2, 0) is 0 Å². The van der Waals surface area contributed by atoms with Gasteiger partial charge in [-0.3, -0.25) is 4.79 Å². The third-order valence-electron chi connectivity index (χ3n) is 2.49. The van der Waals surface area contributed by atoms with Crippen LogP contribution in [0.5, 0.6) is 0 Å². The average molecular weight is 252 g/mol. The van der Waals surface area contributed by atoms with Gasteiger partial charge in [0.2, 0.25) is 0 Å². The standard InChI is InChI=1S/C13H20N2O3/c1-10-2-4-11(5-3-10)13(18)15-7-6-14-8-12(17)9-16/h2-5,12,14,16-17H,6-9H2,1H3,(H,15,18). The predicted molar refractivity (Wildman–Crippen MR) is 69.5 cm³/mol. The second-order valence-corrected chi connectivity index (χ2v) is 4.16. The van der Waals surface area contributed by atoms with Gasteiger partial charge in [-0.2, -0.15) is 0 Å². The Morgan fingerprint density at radius 3 is 2.56 bits per heavy atom. The van der Waals surface area contributed by atoms with E-state index < -0.39 is 6.10 Å².